The monoisotopic (exact) mass is 424 g/mol. The fourth-order valence-corrected chi connectivity index (χ4v) is 3.74. The lowest BCUT2D eigenvalue weighted by Gasteiger charge is -2.27. The summed E-state index contributed by atoms with van der Waals surface area (Å²) in [6.07, 6.45) is 2.26. The Kier molecular flexibility index (Phi) is 4.73. The maximum absolute atomic E-state index is 12.5. The van der Waals surface area contributed by atoms with Crippen LogP contribution < -0.4 is 0 Å². The van der Waals surface area contributed by atoms with E-state index in [-0.39, 0.29) is 5.91 Å². The number of aromatic amines is 1. The average molecular weight is 426 g/mol. The molecule has 3 nitrogen and oxygen atoms in total. The number of rotatable bonds is 3. The first-order valence-corrected chi connectivity index (χ1v) is 9.01. The molecule has 0 saturated heterocycles. The predicted octanol–water partition coefficient (Wildman–Crippen LogP) is 4.37. The van der Waals surface area contributed by atoms with Gasteiger partial charge in [-0.2, -0.15) is 0 Å². The Morgan fingerprint density at radius 2 is 2.00 bits per heavy atom. The Labute approximate surface area is 147 Å². The zero-order valence-corrected chi connectivity index (χ0v) is 15.6. The zero-order valence-electron chi connectivity index (χ0n) is 12.5. The molecule has 1 aromatic heterocycles. The number of H-pyrrole nitrogens is 1. The number of nitrogens with one attached hydrogen (secondary N) is 1. The lowest BCUT2D eigenvalue weighted by Crippen LogP contribution is -2.36. The number of aryl methyl sites for hydroxylation is 2. The molecule has 0 fully saturated rings. The molecule has 0 atom stereocenters. The minimum absolute atomic E-state index is 0.232. The van der Waals surface area contributed by atoms with Crippen LogP contribution in [0, 0.1) is 6.92 Å². The van der Waals surface area contributed by atoms with Crippen LogP contribution in [0.3, 0.4) is 0 Å². The number of amides is 1. The van der Waals surface area contributed by atoms with E-state index in [0.717, 1.165) is 28.5 Å². The Morgan fingerprint density at radius 3 is 2.73 bits per heavy atom. The molecule has 5 heteroatoms. The SMILES string of the molecule is Cc1ccc(CCC(=O)N2CCc3[nH]c(Br)c(Br)c3C2)cc1. The molecular formula is C17H18Br2N2O. The Hall–Kier alpha value is -1.07. The van der Waals surface area contributed by atoms with Gasteiger partial charge in [-0.05, 0) is 50.8 Å². The third-order valence-corrected chi connectivity index (χ3v) is 6.17. The van der Waals surface area contributed by atoms with Crippen LogP contribution in [0.4, 0.5) is 0 Å². The highest BCUT2D eigenvalue weighted by molar-refractivity contribution is 9.13. The fraction of sp³-hybridized carbons (Fsp3) is 0.353. The number of aromatic nitrogens is 1. The zero-order chi connectivity index (χ0) is 15.7. The summed E-state index contributed by atoms with van der Waals surface area (Å²) in [7, 11) is 0. The predicted molar refractivity (Wildman–Crippen MR) is 94.8 cm³/mol. The average Bonchev–Trinajstić information content (AvgIpc) is 2.81. The van der Waals surface area contributed by atoms with Gasteiger partial charge in [0.05, 0.1) is 9.08 Å². The van der Waals surface area contributed by atoms with Crippen molar-refractivity contribution in [3.8, 4) is 0 Å². The molecule has 0 spiro atoms. The summed E-state index contributed by atoms with van der Waals surface area (Å²) in [5, 5.41) is 0. The van der Waals surface area contributed by atoms with E-state index in [1.807, 2.05) is 4.90 Å². The van der Waals surface area contributed by atoms with E-state index in [4.69, 9.17) is 0 Å². The van der Waals surface area contributed by atoms with E-state index in [1.54, 1.807) is 0 Å². The molecule has 1 aliphatic rings. The first-order valence-electron chi connectivity index (χ1n) is 7.42. The second-order valence-corrected chi connectivity index (χ2v) is 7.35. The molecule has 1 amide bonds. The number of fused-ring (bicyclic) bond motifs is 1. The van der Waals surface area contributed by atoms with Gasteiger partial charge in [0.1, 0.15) is 0 Å². The van der Waals surface area contributed by atoms with Crippen LogP contribution in [-0.2, 0) is 24.2 Å². The smallest absolute Gasteiger partial charge is 0.223 e. The lowest BCUT2D eigenvalue weighted by atomic mass is 10.1. The first kappa shape index (κ1) is 15.8. The number of hydrogen-bond donors (Lipinski definition) is 1. The number of halogens is 2. The van der Waals surface area contributed by atoms with Gasteiger partial charge in [0.15, 0.2) is 0 Å². The van der Waals surface area contributed by atoms with E-state index in [1.165, 1.54) is 22.4 Å². The molecule has 116 valence electrons. The van der Waals surface area contributed by atoms with Crippen molar-refractivity contribution < 1.29 is 4.79 Å². The second-order valence-electron chi connectivity index (χ2n) is 5.76. The summed E-state index contributed by atoms with van der Waals surface area (Å²) in [4.78, 5) is 17.7. The Bertz CT molecular complexity index is 691. The summed E-state index contributed by atoms with van der Waals surface area (Å²) < 4.78 is 2.00. The van der Waals surface area contributed by atoms with E-state index in [2.05, 4.69) is 68.0 Å². The summed E-state index contributed by atoms with van der Waals surface area (Å²) in [5.41, 5.74) is 4.90. The van der Waals surface area contributed by atoms with Crippen LogP contribution in [0.15, 0.2) is 33.3 Å². The number of nitrogens with zero attached hydrogens (tertiary/aromatic N) is 1. The minimum Gasteiger partial charge on any atom is -0.352 e. The first-order chi connectivity index (χ1) is 10.5. The van der Waals surface area contributed by atoms with Crippen molar-refractivity contribution in [2.45, 2.75) is 32.7 Å². The van der Waals surface area contributed by atoms with Gasteiger partial charge in [0.2, 0.25) is 5.91 Å². The van der Waals surface area contributed by atoms with Crippen LogP contribution in [0.2, 0.25) is 0 Å². The van der Waals surface area contributed by atoms with Crippen molar-refractivity contribution in [3.63, 3.8) is 0 Å². The van der Waals surface area contributed by atoms with Crippen LogP contribution >= 0.6 is 31.9 Å². The maximum Gasteiger partial charge on any atom is 0.223 e. The third kappa shape index (κ3) is 3.30. The molecule has 3 rings (SSSR count). The van der Waals surface area contributed by atoms with Gasteiger partial charge in [-0.15, -0.1) is 0 Å². The quantitative estimate of drug-likeness (QED) is 0.778. The molecule has 22 heavy (non-hydrogen) atoms. The maximum atomic E-state index is 12.5. The molecular weight excluding hydrogens is 408 g/mol. The van der Waals surface area contributed by atoms with Crippen molar-refractivity contribution in [3.05, 3.63) is 55.7 Å². The van der Waals surface area contributed by atoms with Crippen molar-refractivity contribution in [2.24, 2.45) is 0 Å². The summed E-state index contributed by atoms with van der Waals surface area (Å²) in [6.45, 7) is 3.55. The van der Waals surface area contributed by atoms with Crippen LogP contribution in [0.5, 0.6) is 0 Å². The molecule has 0 unspecified atom stereocenters. The van der Waals surface area contributed by atoms with E-state index < -0.39 is 0 Å². The largest absolute Gasteiger partial charge is 0.352 e. The van der Waals surface area contributed by atoms with Crippen molar-refractivity contribution in [1.29, 1.82) is 0 Å². The Morgan fingerprint density at radius 1 is 1.27 bits per heavy atom. The fourth-order valence-electron chi connectivity index (χ4n) is 2.80. The van der Waals surface area contributed by atoms with Gasteiger partial charge < -0.3 is 9.88 Å². The van der Waals surface area contributed by atoms with E-state index >= 15 is 0 Å². The topological polar surface area (TPSA) is 36.1 Å². The lowest BCUT2D eigenvalue weighted by molar-refractivity contribution is -0.132. The van der Waals surface area contributed by atoms with Crippen molar-refractivity contribution in [1.82, 2.24) is 9.88 Å². The molecule has 0 aliphatic carbocycles. The standard InChI is InChI=1S/C17H18Br2N2O/c1-11-2-4-12(5-3-11)6-7-15(22)21-9-8-14-13(10-21)16(18)17(19)20-14/h2-5,20H,6-10H2,1H3. The molecule has 2 aromatic rings. The highest BCUT2D eigenvalue weighted by atomic mass is 79.9. The molecule has 1 N–H and O–H groups in total. The molecule has 0 radical (unpaired) electrons. The van der Waals surface area contributed by atoms with Crippen LogP contribution in [-0.4, -0.2) is 22.3 Å². The minimum atomic E-state index is 0.232. The molecule has 1 aliphatic heterocycles. The highest BCUT2D eigenvalue weighted by Crippen LogP contribution is 2.33. The molecule has 0 bridgehead atoms. The number of hydrogen-bond acceptors (Lipinski definition) is 1. The molecule has 0 saturated carbocycles. The number of carbonyl (C=O) groups is 1. The number of benzene rings is 1. The third-order valence-electron chi connectivity index (χ3n) is 4.16. The van der Waals surface area contributed by atoms with Gasteiger partial charge in [-0.1, -0.05) is 29.8 Å². The normalized spacial score (nSPS) is 14.0. The van der Waals surface area contributed by atoms with E-state index in [0.29, 0.717) is 13.0 Å². The van der Waals surface area contributed by atoms with Crippen molar-refractivity contribution in [2.75, 3.05) is 6.54 Å². The van der Waals surface area contributed by atoms with E-state index in [9.17, 15) is 4.79 Å². The molecule has 1 aromatic carbocycles. The number of carbonyl (C=O) groups excluding carboxylic acids is 1. The summed E-state index contributed by atoms with van der Waals surface area (Å²) in [6, 6.07) is 8.41. The van der Waals surface area contributed by atoms with Crippen LogP contribution in [0.25, 0.3) is 0 Å². The van der Waals surface area contributed by atoms with Crippen LogP contribution in [0.1, 0.15) is 28.8 Å². The summed E-state index contributed by atoms with van der Waals surface area (Å²) >= 11 is 7.07. The highest BCUT2D eigenvalue weighted by Gasteiger charge is 2.24. The molecule has 2 heterocycles. The van der Waals surface area contributed by atoms with Gasteiger partial charge in [-0.25, -0.2) is 0 Å². The Balaban J connectivity index is 1.61. The van der Waals surface area contributed by atoms with Gasteiger partial charge in [0, 0.05) is 37.2 Å². The van der Waals surface area contributed by atoms with Gasteiger partial charge in [-0.3, -0.25) is 4.79 Å². The van der Waals surface area contributed by atoms with Gasteiger partial charge in [0.25, 0.3) is 0 Å². The van der Waals surface area contributed by atoms with Gasteiger partial charge >= 0.3 is 0 Å². The second kappa shape index (κ2) is 6.59. The summed E-state index contributed by atoms with van der Waals surface area (Å²) in [5.74, 6) is 0.232. The van der Waals surface area contributed by atoms with Crippen molar-refractivity contribution >= 4 is 37.8 Å².